The number of hydrogen-bond donors (Lipinski definition) is 1. The Balaban J connectivity index is 1.58. The van der Waals surface area contributed by atoms with Gasteiger partial charge in [-0.1, -0.05) is 0 Å². The zero-order valence-corrected chi connectivity index (χ0v) is 17.1. The number of alkyl halides is 2. The van der Waals surface area contributed by atoms with E-state index in [1.54, 1.807) is 4.90 Å². The molecular weight excluding hydrogens is 424 g/mol. The summed E-state index contributed by atoms with van der Waals surface area (Å²) in [5, 5.41) is 5.17. The first kappa shape index (κ1) is 21.3. The SMILES string of the molecule is Cc1csc(NC(=O)C2CCN(C(=O)c3ccc(S(=O)(=O)C(F)F)cc3)CC2)n1. The third-order valence-electron chi connectivity index (χ3n) is 4.67. The molecule has 11 heteroatoms. The van der Waals surface area contributed by atoms with Crippen LogP contribution in [0.25, 0.3) is 0 Å². The van der Waals surface area contributed by atoms with Crippen LogP contribution in [0.5, 0.6) is 0 Å². The molecule has 1 fully saturated rings. The second kappa shape index (κ2) is 8.54. The molecular formula is C18H19F2N3O4S2. The molecule has 1 N–H and O–H groups in total. The smallest absolute Gasteiger partial charge is 0.339 e. The second-order valence-corrected chi connectivity index (χ2v) is 9.46. The van der Waals surface area contributed by atoms with Crippen molar-refractivity contribution in [2.45, 2.75) is 30.4 Å². The molecule has 2 heterocycles. The number of amides is 2. The van der Waals surface area contributed by atoms with Gasteiger partial charge in [-0.3, -0.25) is 9.59 Å². The summed E-state index contributed by atoms with van der Waals surface area (Å²) in [5.74, 6) is -4.21. The van der Waals surface area contributed by atoms with Crippen LogP contribution in [-0.4, -0.2) is 49.0 Å². The van der Waals surface area contributed by atoms with Crippen molar-refractivity contribution in [3.63, 3.8) is 0 Å². The maximum absolute atomic E-state index is 12.6. The molecule has 156 valence electrons. The highest BCUT2D eigenvalue weighted by atomic mass is 32.2. The molecule has 2 amide bonds. The monoisotopic (exact) mass is 443 g/mol. The minimum atomic E-state index is -4.69. The van der Waals surface area contributed by atoms with Crippen LogP contribution in [0.2, 0.25) is 0 Å². The van der Waals surface area contributed by atoms with E-state index in [0.29, 0.717) is 31.1 Å². The van der Waals surface area contributed by atoms with Crippen molar-refractivity contribution in [3.05, 3.63) is 40.9 Å². The maximum atomic E-state index is 12.6. The Labute approximate surface area is 170 Å². The molecule has 0 radical (unpaired) electrons. The van der Waals surface area contributed by atoms with Crippen molar-refractivity contribution < 1.29 is 26.8 Å². The van der Waals surface area contributed by atoms with Crippen LogP contribution in [0.3, 0.4) is 0 Å². The average Bonchev–Trinajstić information content (AvgIpc) is 3.12. The van der Waals surface area contributed by atoms with Crippen molar-refractivity contribution >= 4 is 38.1 Å². The summed E-state index contributed by atoms with van der Waals surface area (Å²) in [5.41, 5.74) is 1.04. The molecule has 0 saturated carbocycles. The van der Waals surface area contributed by atoms with Crippen LogP contribution in [0.15, 0.2) is 34.5 Å². The zero-order chi connectivity index (χ0) is 21.2. The topological polar surface area (TPSA) is 96.4 Å². The number of likely N-dealkylation sites (tertiary alicyclic amines) is 1. The van der Waals surface area contributed by atoms with Crippen LogP contribution in [0.1, 0.15) is 28.9 Å². The van der Waals surface area contributed by atoms with Gasteiger partial charge in [-0.2, -0.15) is 8.78 Å². The van der Waals surface area contributed by atoms with E-state index in [2.05, 4.69) is 10.3 Å². The lowest BCUT2D eigenvalue weighted by molar-refractivity contribution is -0.121. The van der Waals surface area contributed by atoms with Crippen molar-refractivity contribution in [2.24, 2.45) is 5.92 Å². The second-order valence-electron chi connectivity index (χ2n) is 6.68. The van der Waals surface area contributed by atoms with Crippen molar-refractivity contribution in [1.82, 2.24) is 9.88 Å². The van der Waals surface area contributed by atoms with Gasteiger partial charge in [0.25, 0.3) is 5.91 Å². The molecule has 1 aromatic carbocycles. The molecule has 1 aliphatic rings. The number of benzene rings is 1. The Morgan fingerprint density at radius 3 is 2.34 bits per heavy atom. The number of sulfone groups is 1. The van der Waals surface area contributed by atoms with E-state index in [1.807, 2.05) is 12.3 Å². The Bertz CT molecular complexity index is 998. The summed E-state index contributed by atoms with van der Waals surface area (Å²) >= 11 is 1.35. The molecule has 29 heavy (non-hydrogen) atoms. The normalized spacial score (nSPS) is 15.5. The molecule has 0 bridgehead atoms. The van der Waals surface area contributed by atoms with E-state index in [1.165, 1.54) is 23.5 Å². The van der Waals surface area contributed by atoms with Gasteiger partial charge >= 0.3 is 5.76 Å². The number of nitrogens with zero attached hydrogens (tertiary/aromatic N) is 2. The number of hydrogen-bond acceptors (Lipinski definition) is 6. The zero-order valence-electron chi connectivity index (χ0n) is 15.5. The first-order valence-electron chi connectivity index (χ1n) is 8.83. The Kier molecular flexibility index (Phi) is 6.27. The van der Waals surface area contributed by atoms with E-state index in [9.17, 15) is 26.8 Å². The first-order chi connectivity index (χ1) is 13.7. The molecule has 0 unspecified atom stereocenters. The molecule has 7 nitrogen and oxygen atoms in total. The van der Waals surface area contributed by atoms with E-state index in [4.69, 9.17) is 0 Å². The van der Waals surface area contributed by atoms with Gasteiger partial charge in [-0.25, -0.2) is 13.4 Å². The molecule has 1 saturated heterocycles. The highest BCUT2D eigenvalue weighted by molar-refractivity contribution is 7.91. The summed E-state index contributed by atoms with van der Waals surface area (Å²) in [6, 6.07) is 4.46. The van der Waals surface area contributed by atoms with Gasteiger partial charge in [-0.15, -0.1) is 11.3 Å². The molecule has 0 aliphatic carbocycles. The number of anilines is 1. The van der Waals surface area contributed by atoms with Crippen LogP contribution in [0.4, 0.5) is 13.9 Å². The number of thiazole rings is 1. The lowest BCUT2D eigenvalue weighted by atomic mass is 9.95. The lowest BCUT2D eigenvalue weighted by Crippen LogP contribution is -2.41. The quantitative estimate of drug-likeness (QED) is 0.767. The van der Waals surface area contributed by atoms with Gasteiger partial charge in [0.1, 0.15) is 0 Å². The number of nitrogens with one attached hydrogen (secondary N) is 1. The van der Waals surface area contributed by atoms with E-state index < -0.39 is 20.5 Å². The largest absolute Gasteiger partial charge is 0.341 e. The standard InChI is InChI=1S/C18H19F2N3O4S2/c1-11-10-28-18(21-11)22-15(24)12-6-8-23(9-7-12)16(25)13-2-4-14(5-3-13)29(26,27)17(19)20/h2-5,10,12,17H,6-9H2,1H3,(H,21,22,24). The fraction of sp³-hybridized carbons (Fsp3) is 0.389. The van der Waals surface area contributed by atoms with Crippen molar-refractivity contribution in [3.8, 4) is 0 Å². The molecule has 2 aromatic rings. The number of carbonyl (C=O) groups is 2. The lowest BCUT2D eigenvalue weighted by Gasteiger charge is -2.31. The van der Waals surface area contributed by atoms with E-state index >= 15 is 0 Å². The highest BCUT2D eigenvalue weighted by Crippen LogP contribution is 2.23. The summed E-state index contributed by atoms with van der Waals surface area (Å²) in [4.78, 5) is 30.2. The third-order valence-corrected chi connectivity index (χ3v) is 6.94. The summed E-state index contributed by atoms with van der Waals surface area (Å²) < 4.78 is 48.1. The number of rotatable bonds is 5. The van der Waals surface area contributed by atoms with Gasteiger partial charge < -0.3 is 10.2 Å². The highest BCUT2D eigenvalue weighted by Gasteiger charge is 2.29. The number of piperidine rings is 1. The van der Waals surface area contributed by atoms with Crippen molar-refractivity contribution in [1.29, 1.82) is 0 Å². The fourth-order valence-electron chi connectivity index (χ4n) is 3.04. The van der Waals surface area contributed by atoms with Crippen LogP contribution >= 0.6 is 11.3 Å². The molecule has 0 spiro atoms. The summed E-state index contributed by atoms with van der Waals surface area (Å²) in [6.07, 6.45) is 0.972. The van der Waals surface area contributed by atoms with Gasteiger partial charge in [0.2, 0.25) is 15.7 Å². The Hall–Kier alpha value is -2.40. The van der Waals surface area contributed by atoms with Gasteiger partial charge in [0, 0.05) is 30.0 Å². The van der Waals surface area contributed by atoms with E-state index in [0.717, 1.165) is 17.8 Å². The number of halogens is 2. The predicted octanol–water partition coefficient (Wildman–Crippen LogP) is 2.94. The average molecular weight is 443 g/mol. The number of carbonyl (C=O) groups excluding carboxylic acids is 2. The van der Waals surface area contributed by atoms with Crippen LogP contribution in [-0.2, 0) is 14.6 Å². The fourth-order valence-corrected chi connectivity index (χ4v) is 4.45. The van der Waals surface area contributed by atoms with Crippen molar-refractivity contribution in [2.75, 3.05) is 18.4 Å². The first-order valence-corrected chi connectivity index (χ1v) is 11.3. The maximum Gasteiger partial charge on any atom is 0.341 e. The summed E-state index contributed by atoms with van der Waals surface area (Å²) in [7, 11) is -4.69. The molecule has 1 aliphatic heterocycles. The van der Waals surface area contributed by atoms with Crippen LogP contribution < -0.4 is 5.32 Å². The molecule has 1 aromatic heterocycles. The number of aryl methyl sites for hydroxylation is 1. The predicted molar refractivity (Wildman–Crippen MR) is 104 cm³/mol. The van der Waals surface area contributed by atoms with Gasteiger partial charge in [0.05, 0.1) is 10.6 Å². The van der Waals surface area contributed by atoms with Crippen LogP contribution in [0, 0.1) is 12.8 Å². The van der Waals surface area contributed by atoms with E-state index in [-0.39, 0.29) is 23.3 Å². The van der Waals surface area contributed by atoms with Gasteiger partial charge in [-0.05, 0) is 44.0 Å². The minimum Gasteiger partial charge on any atom is -0.339 e. The third kappa shape index (κ3) is 4.78. The Morgan fingerprint density at radius 1 is 1.21 bits per heavy atom. The Morgan fingerprint density at radius 2 is 1.83 bits per heavy atom. The minimum absolute atomic E-state index is 0.131. The van der Waals surface area contributed by atoms with Gasteiger partial charge in [0.15, 0.2) is 5.13 Å². The number of aromatic nitrogens is 1. The molecule has 0 atom stereocenters. The summed E-state index contributed by atoms with van der Waals surface area (Å²) in [6.45, 7) is 2.57. The molecule has 3 rings (SSSR count).